The topological polar surface area (TPSA) is 102 Å². The molecule has 0 fully saturated rings. The van der Waals surface area contributed by atoms with Gasteiger partial charge in [0.05, 0.1) is 35.7 Å². The molecule has 0 saturated carbocycles. The molecule has 194 valence electrons. The van der Waals surface area contributed by atoms with E-state index in [4.69, 9.17) is 32.7 Å². The number of hydrogen-bond donors (Lipinski definition) is 2. The maximum atomic E-state index is 13.3. The number of benzene rings is 1. The van der Waals surface area contributed by atoms with Crippen molar-refractivity contribution in [3.63, 3.8) is 0 Å². The number of hydrogen-bond acceptors (Lipinski definition) is 9. The van der Waals surface area contributed by atoms with Crippen molar-refractivity contribution in [2.24, 2.45) is 0 Å². The van der Waals surface area contributed by atoms with Crippen LogP contribution in [0, 0.1) is 0 Å². The van der Waals surface area contributed by atoms with Crippen molar-refractivity contribution in [2.45, 2.75) is 20.4 Å². The van der Waals surface area contributed by atoms with Gasteiger partial charge in [-0.3, -0.25) is 9.69 Å². The Morgan fingerprint density at radius 1 is 1.05 bits per heavy atom. The normalized spacial score (nSPS) is 11.1. The molecule has 3 aromatic heterocycles. The lowest BCUT2D eigenvalue weighted by Gasteiger charge is -2.18. The van der Waals surface area contributed by atoms with Crippen LogP contribution in [0.25, 0.3) is 10.2 Å². The van der Waals surface area contributed by atoms with E-state index in [1.165, 1.54) is 31.9 Å². The van der Waals surface area contributed by atoms with Crippen LogP contribution in [0.15, 0.2) is 36.1 Å². The van der Waals surface area contributed by atoms with Gasteiger partial charge >= 0.3 is 0 Å². The Morgan fingerprint density at radius 2 is 1.76 bits per heavy atom. The minimum Gasteiger partial charge on any atom is -0.495 e. The molecule has 4 rings (SSSR count). The number of carbonyl (C=O) groups excluding carboxylic acids is 1. The molecular weight excluding hydrogens is 535 g/mol. The zero-order valence-electron chi connectivity index (χ0n) is 20.8. The first-order chi connectivity index (χ1) is 17.9. The summed E-state index contributed by atoms with van der Waals surface area (Å²) in [6, 6.07) is 5.54. The zero-order valence-corrected chi connectivity index (χ0v) is 23.1. The summed E-state index contributed by atoms with van der Waals surface area (Å²) in [7, 11) is 2.93. The molecule has 0 radical (unpaired) electrons. The fraction of sp³-hybridized carbons (Fsp3) is 0.280. The summed E-state index contributed by atoms with van der Waals surface area (Å²) < 4.78 is 11.3. The van der Waals surface area contributed by atoms with Gasteiger partial charge in [-0.05, 0) is 30.8 Å². The van der Waals surface area contributed by atoms with Crippen LogP contribution in [0.1, 0.15) is 29.8 Å². The average molecular weight is 561 g/mol. The van der Waals surface area contributed by atoms with Crippen LogP contribution in [0.4, 0.5) is 17.3 Å². The molecule has 0 spiro atoms. The Balaban J connectivity index is 1.62. The molecule has 1 amide bonds. The third-order valence-electron chi connectivity index (χ3n) is 5.78. The Kier molecular flexibility index (Phi) is 8.65. The summed E-state index contributed by atoms with van der Waals surface area (Å²) in [6.07, 6.45) is 3.17. The number of carbonyl (C=O) groups is 1. The lowest BCUT2D eigenvalue weighted by atomic mass is 10.2. The van der Waals surface area contributed by atoms with Gasteiger partial charge in [0.1, 0.15) is 33.7 Å². The summed E-state index contributed by atoms with van der Waals surface area (Å²) in [5, 5.41) is 8.08. The van der Waals surface area contributed by atoms with Gasteiger partial charge in [0, 0.05) is 24.2 Å². The molecule has 12 heteroatoms. The molecule has 9 nitrogen and oxygen atoms in total. The van der Waals surface area contributed by atoms with Gasteiger partial charge < -0.3 is 20.1 Å². The second-order valence-corrected chi connectivity index (χ2v) is 9.56. The summed E-state index contributed by atoms with van der Waals surface area (Å²) in [5.41, 5.74) is 2.16. The Bertz CT molecular complexity index is 1400. The van der Waals surface area contributed by atoms with E-state index in [1.807, 2.05) is 12.1 Å². The molecule has 0 aliphatic heterocycles. The molecule has 0 unspecified atom stereocenters. The summed E-state index contributed by atoms with van der Waals surface area (Å²) in [5.74, 6) is 1.41. The molecule has 0 aliphatic carbocycles. The third-order valence-corrected chi connectivity index (χ3v) is 7.51. The molecule has 0 bridgehead atoms. The predicted molar refractivity (Wildman–Crippen MR) is 149 cm³/mol. The van der Waals surface area contributed by atoms with Gasteiger partial charge in [-0.15, -0.1) is 11.3 Å². The highest BCUT2D eigenvalue weighted by Gasteiger charge is 2.22. The van der Waals surface area contributed by atoms with E-state index in [0.717, 1.165) is 25.2 Å². The summed E-state index contributed by atoms with van der Waals surface area (Å²) >= 11 is 14.2. The van der Waals surface area contributed by atoms with Gasteiger partial charge in [0.15, 0.2) is 5.82 Å². The van der Waals surface area contributed by atoms with Crippen molar-refractivity contribution in [2.75, 3.05) is 37.9 Å². The number of thiophene rings is 1. The van der Waals surface area contributed by atoms with Gasteiger partial charge in [-0.2, -0.15) is 0 Å². The van der Waals surface area contributed by atoms with Crippen molar-refractivity contribution in [1.82, 2.24) is 19.9 Å². The van der Waals surface area contributed by atoms with Gasteiger partial charge in [0.25, 0.3) is 5.91 Å². The predicted octanol–water partition coefficient (Wildman–Crippen LogP) is 6.25. The molecule has 0 atom stereocenters. The van der Waals surface area contributed by atoms with Gasteiger partial charge in [0.2, 0.25) is 0 Å². The van der Waals surface area contributed by atoms with Crippen molar-refractivity contribution < 1.29 is 14.3 Å². The SMILES string of the molecule is CCN(CC)Cc1ccnc(Nc2ncnc3c(C(=O)Nc4c(Cl)c(OC)cc(OC)c4Cl)csc23)c1. The number of rotatable bonds is 10. The molecule has 2 N–H and O–H groups in total. The number of nitrogens with zero attached hydrogens (tertiary/aromatic N) is 4. The minimum absolute atomic E-state index is 0.161. The summed E-state index contributed by atoms with van der Waals surface area (Å²) in [4.78, 5) is 28.8. The first-order valence-electron chi connectivity index (χ1n) is 11.5. The second-order valence-electron chi connectivity index (χ2n) is 7.92. The van der Waals surface area contributed by atoms with Crippen LogP contribution < -0.4 is 20.1 Å². The number of anilines is 3. The lowest BCUT2D eigenvalue weighted by molar-refractivity contribution is 0.102. The van der Waals surface area contributed by atoms with Crippen LogP contribution >= 0.6 is 34.5 Å². The van der Waals surface area contributed by atoms with Crippen LogP contribution in [-0.4, -0.2) is 53.1 Å². The first-order valence-corrected chi connectivity index (χ1v) is 13.1. The number of methoxy groups -OCH3 is 2. The highest BCUT2D eigenvalue weighted by Crippen LogP contribution is 2.44. The van der Waals surface area contributed by atoms with Crippen molar-refractivity contribution in [1.29, 1.82) is 0 Å². The van der Waals surface area contributed by atoms with Gasteiger partial charge in [-0.25, -0.2) is 15.0 Å². The van der Waals surface area contributed by atoms with Crippen LogP contribution in [0.5, 0.6) is 11.5 Å². The molecule has 0 aliphatic rings. The summed E-state index contributed by atoms with van der Waals surface area (Å²) in [6.45, 7) is 7.03. The second kappa shape index (κ2) is 11.9. The highest BCUT2D eigenvalue weighted by atomic mass is 35.5. The molecule has 4 aromatic rings. The van der Waals surface area contributed by atoms with Crippen molar-refractivity contribution in [3.8, 4) is 11.5 Å². The standard InChI is InChI=1S/C25H26Cl2N6O3S/c1-5-33(6-2)11-14-7-8-28-18(9-14)31-24-23-21(29-13-30-24)15(12-37-23)25(34)32-22-19(26)16(35-3)10-17(36-4)20(22)27/h7-10,12-13H,5-6,11H2,1-4H3,(H,32,34)(H,28,29,30,31). The number of fused-ring (bicyclic) bond motifs is 1. The largest absolute Gasteiger partial charge is 0.495 e. The number of nitrogens with one attached hydrogen (secondary N) is 2. The fourth-order valence-electron chi connectivity index (χ4n) is 3.74. The maximum Gasteiger partial charge on any atom is 0.258 e. The van der Waals surface area contributed by atoms with Crippen molar-refractivity contribution >= 4 is 68.0 Å². The molecule has 3 heterocycles. The quantitative estimate of drug-likeness (QED) is 0.234. The van der Waals surface area contributed by atoms with Crippen LogP contribution in [0.2, 0.25) is 10.0 Å². The highest BCUT2D eigenvalue weighted by molar-refractivity contribution is 7.18. The van der Waals surface area contributed by atoms with E-state index >= 15 is 0 Å². The minimum atomic E-state index is -0.436. The van der Waals surface area contributed by atoms with E-state index in [-0.39, 0.29) is 15.7 Å². The third kappa shape index (κ3) is 5.72. The monoisotopic (exact) mass is 560 g/mol. The molecule has 0 saturated heterocycles. The lowest BCUT2D eigenvalue weighted by Crippen LogP contribution is -2.22. The number of halogens is 2. The van der Waals surface area contributed by atoms with E-state index in [2.05, 4.69) is 44.3 Å². The maximum absolute atomic E-state index is 13.3. The number of ether oxygens (including phenoxy) is 2. The fourth-order valence-corrected chi connectivity index (χ4v) is 5.28. The zero-order chi connectivity index (χ0) is 26.5. The van der Waals surface area contributed by atoms with Crippen molar-refractivity contribution in [3.05, 3.63) is 57.3 Å². The number of amides is 1. The van der Waals surface area contributed by atoms with E-state index in [1.54, 1.807) is 17.6 Å². The van der Waals surface area contributed by atoms with E-state index < -0.39 is 5.91 Å². The Hall–Kier alpha value is -3.18. The molecular formula is C25H26Cl2N6O3S. The van der Waals surface area contributed by atoms with Gasteiger partial charge in [-0.1, -0.05) is 37.0 Å². The smallest absolute Gasteiger partial charge is 0.258 e. The number of aromatic nitrogens is 3. The molecule has 1 aromatic carbocycles. The van der Waals surface area contributed by atoms with E-state index in [0.29, 0.717) is 38.9 Å². The Labute approximate surface area is 228 Å². The van der Waals surface area contributed by atoms with Crippen LogP contribution in [-0.2, 0) is 6.54 Å². The average Bonchev–Trinajstić information content (AvgIpc) is 3.35. The number of pyridine rings is 1. The Morgan fingerprint density at radius 3 is 2.41 bits per heavy atom. The van der Waals surface area contributed by atoms with Crippen LogP contribution in [0.3, 0.4) is 0 Å². The molecule has 37 heavy (non-hydrogen) atoms. The van der Waals surface area contributed by atoms with E-state index in [9.17, 15) is 4.79 Å². The first kappa shape index (κ1) is 26.9.